The van der Waals surface area contributed by atoms with Crippen LogP contribution in [0.2, 0.25) is 0 Å². The average molecular weight is 188 g/mol. The van der Waals surface area contributed by atoms with Crippen LogP contribution in [0.4, 0.5) is 0 Å². The van der Waals surface area contributed by atoms with Gasteiger partial charge in [-0.2, -0.15) is 0 Å². The molecule has 0 fully saturated rings. The zero-order valence-corrected chi connectivity index (χ0v) is 7.36. The van der Waals surface area contributed by atoms with Gasteiger partial charge in [0.2, 0.25) is 12.5 Å². The van der Waals surface area contributed by atoms with Crippen LogP contribution in [0.3, 0.4) is 0 Å². The Labute approximate surface area is 80.5 Å². The summed E-state index contributed by atoms with van der Waals surface area (Å²) in [7, 11) is 0. The zero-order valence-electron chi connectivity index (χ0n) is 7.36. The fourth-order valence-electron chi connectivity index (χ4n) is 1.68. The van der Waals surface area contributed by atoms with Gasteiger partial charge in [0.1, 0.15) is 0 Å². The highest BCUT2D eigenvalue weighted by molar-refractivity contribution is 5.92. The van der Waals surface area contributed by atoms with Gasteiger partial charge < -0.3 is 14.6 Å². The topological polar surface area (TPSA) is 38.7 Å². The Morgan fingerprint density at radius 1 is 1.14 bits per heavy atom. The molecule has 1 aliphatic heterocycles. The summed E-state index contributed by atoms with van der Waals surface area (Å²) < 4.78 is 10.4. The van der Waals surface area contributed by atoms with E-state index in [4.69, 9.17) is 9.47 Å². The Morgan fingerprint density at radius 2 is 2.00 bits per heavy atom. The van der Waals surface area contributed by atoms with E-state index < -0.39 is 0 Å². The molecule has 14 heavy (non-hydrogen) atoms. The number of aromatic hydroxyl groups is 1. The molecule has 0 radical (unpaired) electrons. The normalized spacial score (nSPS) is 13.4. The van der Waals surface area contributed by atoms with E-state index >= 15 is 0 Å². The molecule has 2 aromatic carbocycles. The van der Waals surface area contributed by atoms with Crippen LogP contribution in [0, 0.1) is 0 Å². The second kappa shape index (κ2) is 2.54. The lowest BCUT2D eigenvalue weighted by Crippen LogP contribution is -1.93. The van der Waals surface area contributed by atoms with Crippen molar-refractivity contribution in [3.63, 3.8) is 0 Å². The third kappa shape index (κ3) is 0.865. The van der Waals surface area contributed by atoms with Crippen molar-refractivity contribution >= 4 is 10.8 Å². The van der Waals surface area contributed by atoms with Crippen molar-refractivity contribution in [1.29, 1.82) is 0 Å². The first-order valence-electron chi connectivity index (χ1n) is 4.36. The number of benzene rings is 2. The van der Waals surface area contributed by atoms with Crippen molar-refractivity contribution in [2.24, 2.45) is 0 Å². The van der Waals surface area contributed by atoms with Crippen molar-refractivity contribution in [3.05, 3.63) is 30.3 Å². The molecule has 3 nitrogen and oxygen atoms in total. The molecule has 0 aromatic heterocycles. The molecule has 0 bridgehead atoms. The molecule has 0 atom stereocenters. The maximum atomic E-state index is 9.87. The van der Waals surface area contributed by atoms with Crippen molar-refractivity contribution in [2.45, 2.75) is 0 Å². The van der Waals surface area contributed by atoms with Gasteiger partial charge in [-0.3, -0.25) is 0 Å². The summed E-state index contributed by atoms with van der Waals surface area (Å²) in [6, 6.07) is 9.45. The van der Waals surface area contributed by atoms with Gasteiger partial charge in [-0.1, -0.05) is 24.3 Å². The molecule has 0 aliphatic carbocycles. The van der Waals surface area contributed by atoms with E-state index in [1.165, 1.54) is 0 Å². The molecular weight excluding hydrogens is 180 g/mol. The van der Waals surface area contributed by atoms with Crippen molar-refractivity contribution < 1.29 is 14.6 Å². The highest BCUT2D eigenvalue weighted by Gasteiger charge is 2.19. The molecule has 0 unspecified atom stereocenters. The largest absolute Gasteiger partial charge is 0.504 e. The van der Waals surface area contributed by atoms with Crippen molar-refractivity contribution in [3.8, 4) is 17.2 Å². The zero-order chi connectivity index (χ0) is 9.54. The van der Waals surface area contributed by atoms with Crippen LogP contribution in [0.25, 0.3) is 10.8 Å². The first-order chi connectivity index (χ1) is 6.86. The minimum atomic E-state index is 0.163. The van der Waals surface area contributed by atoms with E-state index in [9.17, 15) is 5.11 Å². The van der Waals surface area contributed by atoms with E-state index in [1.54, 1.807) is 0 Å². The van der Waals surface area contributed by atoms with E-state index in [0.717, 1.165) is 10.8 Å². The summed E-state index contributed by atoms with van der Waals surface area (Å²) in [4.78, 5) is 0. The number of rotatable bonds is 0. The van der Waals surface area contributed by atoms with Crippen LogP contribution in [0.15, 0.2) is 30.3 Å². The number of phenolic OH excluding ortho intramolecular Hbond substituents is 1. The number of ether oxygens (including phenoxy) is 2. The van der Waals surface area contributed by atoms with Crippen LogP contribution >= 0.6 is 0 Å². The molecule has 70 valence electrons. The SMILES string of the molecule is Oc1c2c(cc3ccccc13)OCO2. The number of fused-ring (bicyclic) bond motifs is 2. The molecule has 3 rings (SSSR count). The van der Waals surface area contributed by atoms with Gasteiger partial charge in [0.15, 0.2) is 11.5 Å². The van der Waals surface area contributed by atoms with E-state index in [-0.39, 0.29) is 12.5 Å². The quantitative estimate of drug-likeness (QED) is 0.689. The first-order valence-corrected chi connectivity index (χ1v) is 4.36. The third-order valence-electron chi connectivity index (χ3n) is 2.36. The summed E-state index contributed by atoms with van der Waals surface area (Å²) in [5, 5.41) is 11.6. The molecule has 1 aliphatic rings. The molecule has 2 aromatic rings. The number of hydrogen-bond acceptors (Lipinski definition) is 3. The Kier molecular flexibility index (Phi) is 1.36. The van der Waals surface area contributed by atoms with Crippen LogP contribution in [-0.2, 0) is 0 Å². The Balaban J connectivity index is 2.44. The summed E-state index contributed by atoms with van der Waals surface area (Å²) in [6.07, 6.45) is 0. The molecule has 0 amide bonds. The summed E-state index contributed by atoms with van der Waals surface area (Å²) >= 11 is 0. The summed E-state index contributed by atoms with van der Waals surface area (Å²) in [6.45, 7) is 0.180. The molecule has 3 heteroatoms. The van der Waals surface area contributed by atoms with Gasteiger partial charge in [-0.25, -0.2) is 0 Å². The lowest BCUT2D eigenvalue weighted by atomic mass is 10.1. The maximum absolute atomic E-state index is 9.87. The van der Waals surface area contributed by atoms with Crippen LogP contribution in [-0.4, -0.2) is 11.9 Å². The van der Waals surface area contributed by atoms with Crippen molar-refractivity contribution in [1.82, 2.24) is 0 Å². The fourth-order valence-corrected chi connectivity index (χ4v) is 1.68. The third-order valence-corrected chi connectivity index (χ3v) is 2.36. The van der Waals surface area contributed by atoms with Gasteiger partial charge >= 0.3 is 0 Å². The fraction of sp³-hybridized carbons (Fsp3) is 0.0909. The van der Waals surface area contributed by atoms with Gasteiger partial charge in [0, 0.05) is 5.39 Å². The predicted octanol–water partition coefficient (Wildman–Crippen LogP) is 2.27. The van der Waals surface area contributed by atoms with E-state index in [2.05, 4.69) is 0 Å². The number of phenols is 1. The maximum Gasteiger partial charge on any atom is 0.231 e. The molecule has 1 N–H and O–H groups in total. The molecule has 0 saturated carbocycles. The smallest absolute Gasteiger partial charge is 0.231 e. The van der Waals surface area contributed by atoms with Gasteiger partial charge in [0.25, 0.3) is 0 Å². The Hall–Kier alpha value is -1.90. The van der Waals surface area contributed by atoms with E-state index in [1.807, 2.05) is 30.3 Å². The standard InChI is InChI=1S/C11H8O3/c12-10-8-4-2-1-3-7(8)5-9-11(10)14-6-13-9/h1-5,12H,6H2. The second-order valence-corrected chi connectivity index (χ2v) is 3.18. The molecular formula is C11H8O3. The van der Waals surface area contributed by atoms with Crippen LogP contribution in [0.5, 0.6) is 17.2 Å². The minimum Gasteiger partial charge on any atom is -0.504 e. The lowest BCUT2D eigenvalue weighted by molar-refractivity contribution is 0.171. The van der Waals surface area contributed by atoms with Gasteiger partial charge in [0.05, 0.1) is 0 Å². The predicted molar refractivity (Wildman–Crippen MR) is 51.7 cm³/mol. The molecule has 0 spiro atoms. The Morgan fingerprint density at radius 3 is 2.93 bits per heavy atom. The van der Waals surface area contributed by atoms with E-state index in [0.29, 0.717) is 11.5 Å². The first kappa shape index (κ1) is 7.50. The highest BCUT2D eigenvalue weighted by Crippen LogP contribution is 2.45. The van der Waals surface area contributed by atoms with Gasteiger partial charge in [-0.05, 0) is 11.5 Å². The summed E-state index contributed by atoms with van der Waals surface area (Å²) in [5.41, 5.74) is 0. The second-order valence-electron chi connectivity index (χ2n) is 3.18. The Bertz CT molecular complexity index is 505. The number of hydrogen-bond donors (Lipinski definition) is 1. The lowest BCUT2D eigenvalue weighted by Gasteiger charge is -2.03. The summed E-state index contributed by atoms with van der Waals surface area (Å²) in [5.74, 6) is 1.22. The average Bonchev–Trinajstić information content (AvgIpc) is 2.66. The van der Waals surface area contributed by atoms with Crippen LogP contribution < -0.4 is 9.47 Å². The highest BCUT2D eigenvalue weighted by atomic mass is 16.7. The minimum absolute atomic E-state index is 0.163. The monoisotopic (exact) mass is 188 g/mol. The molecule has 1 heterocycles. The van der Waals surface area contributed by atoms with Crippen molar-refractivity contribution in [2.75, 3.05) is 6.79 Å². The van der Waals surface area contributed by atoms with Gasteiger partial charge in [-0.15, -0.1) is 0 Å². The van der Waals surface area contributed by atoms with Crippen LogP contribution in [0.1, 0.15) is 0 Å². The molecule has 0 saturated heterocycles.